The molecule has 1 N–H and O–H groups in total. The molecule has 2 aromatic heterocycles. The van der Waals surface area contributed by atoms with Crippen LogP contribution in [0.4, 0.5) is 5.69 Å². The predicted molar refractivity (Wildman–Crippen MR) is 83.4 cm³/mol. The summed E-state index contributed by atoms with van der Waals surface area (Å²) < 4.78 is 6.23. The number of fused-ring (bicyclic) bond motifs is 1. The molecule has 0 bridgehead atoms. The van der Waals surface area contributed by atoms with E-state index in [4.69, 9.17) is 0 Å². The van der Waals surface area contributed by atoms with Gasteiger partial charge >= 0.3 is 5.97 Å². The summed E-state index contributed by atoms with van der Waals surface area (Å²) in [4.78, 5) is 24.2. The third-order valence-electron chi connectivity index (χ3n) is 3.06. The molecule has 0 aliphatic rings. The second-order valence-electron chi connectivity index (χ2n) is 4.67. The van der Waals surface area contributed by atoms with Gasteiger partial charge in [-0.25, -0.2) is 4.79 Å². The Morgan fingerprint density at radius 1 is 1.39 bits per heavy atom. The second kappa shape index (κ2) is 6.53. The summed E-state index contributed by atoms with van der Waals surface area (Å²) in [5, 5.41) is 15.5. The minimum absolute atomic E-state index is 0.155. The predicted octanol–water partition coefficient (Wildman–Crippen LogP) is 1.54. The van der Waals surface area contributed by atoms with Gasteiger partial charge < -0.3 is 10.1 Å². The van der Waals surface area contributed by atoms with Crippen LogP contribution < -0.4 is 5.32 Å². The Morgan fingerprint density at radius 3 is 3.04 bits per heavy atom. The number of esters is 1. The van der Waals surface area contributed by atoms with Gasteiger partial charge in [-0.1, -0.05) is 17.4 Å². The molecule has 0 atom stereocenters. The lowest BCUT2D eigenvalue weighted by molar-refractivity contribution is -0.116. The van der Waals surface area contributed by atoms with Crippen LogP contribution in [-0.4, -0.2) is 38.8 Å². The zero-order valence-corrected chi connectivity index (χ0v) is 13.0. The highest BCUT2D eigenvalue weighted by atomic mass is 32.1. The number of rotatable bonds is 5. The summed E-state index contributed by atoms with van der Waals surface area (Å²) in [7, 11) is 1.31. The van der Waals surface area contributed by atoms with Crippen LogP contribution in [0.25, 0.3) is 4.96 Å². The molecule has 0 fully saturated rings. The molecule has 23 heavy (non-hydrogen) atoms. The number of methoxy groups -OCH3 is 1. The molecule has 0 saturated heterocycles. The van der Waals surface area contributed by atoms with Gasteiger partial charge in [0.05, 0.1) is 12.7 Å². The molecule has 0 saturated carbocycles. The second-order valence-corrected chi connectivity index (χ2v) is 5.71. The van der Waals surface area contributed by atoms with Gasteiger partial charge in [0.1, 0.15) is 11.3 Å². The number of nitrogens with one attached hydrogen (secondary N) is 1. The average molecular weight is 331 g/mol. The number of aromatic nitrogens is 4. The molecule has 1 amide bonds. The van der Waals surface area contributed by atoms with Crippen molar-refractivity contribution in [3.8, 4) is 0 Å². The van der Waals surface area contributed by atoms with Crippen molar-refractivity contribution in [2.75, 3.05) is 12.4 Å². The molecule has 0 aliphatic carbocycles. The maximum absolute atomic E-state index is 12.0. The minimum atomic E-state index is -0.444. The van der Waals surface area contributed by atoms with E-state index in [1.807, 2.05) is 0 Å². The van der Waals surface area contributed by atoms with E-state index in [2.05, 4.69) is 25.3 Å². The highest BCUT2D eigenvalue weighted by molar-refractivity contribution is 7.16. The first-order valence-electron chi connectivity index (χ1n) is 6.79. The van der Waals surface area contributed by atoms with Crippen LogP contribution in [0.1, 0.15) is 21.8 Å². The van der Waals surface area contributed by atoms with E-state index in [1.54, 1.807) is 28.8 Å². The van der Waals surface area contributed by atoms with Crippen molar-refractivity contribution in [1.82, 2.24) is 19.8 Å². The zero-order valence-electron chi connectivity index (χ0n) is 12.2. The van der Waals surface area contributed by atoms with Gasteiger partial charge in [0, 0.05) is 18.5 Å². The summed E-state index contributed by atoms with van der Waals surface area (Å²) in [5.74, 6) is -0.598. The van der Waals surface area contributed by atoms with Crippen molar-refractivity contribution in [3.63, 3.8) is 0 Å². The third-order valence-corrected chi connectivity index (χ3v) is 4.03. The van der Waals surface area contributed by atoms with E-state index < -0.39 is 5.97 Å². The molecular weight excluding hydrogens is 318 g/mol. The quantitative estimate of drug-likeness (QED) is 0.712. The highest BCUT2D eigenvalue weighted by Crippen LogP contribution is 2.15. The van der Waals surface area contributed by atoms with Crippen molar-refractivity contribution in [3.05, 3.63) is 41.2 Å². The lowest BCUT2D eigenvalue weighted by Gasteiger charge is -2.06. The normalized spacial score (nSPS) is 10.7. The van der Waals surface area contributed by atoms with Gasteiger partial charge in [0.15, 0.2) is 0 Å². The van der Waals surface area contributed by atoms with Crippen molar-refractivity contribution in [2.45, 2.75) is 12.8 Å². The van der Waals surface area contributed by atoms with Crippen LogP contribution in [-0.2, 0) is 16.0 Å². The van der Waals surface area contributed by atoms with Crippen molar-refractivity contribution in [1.29, 1.82) is 0 Å². The third kappa shape index (κ3) is 3.51. The maximum Gasteiger partial charge on any atom is 0.337 e. The Balaban J connectivity index is 1.58. The van der Waals surface area contributed by atoms with Gasteiger partial charge in [0.2, 0.25) is 10.9 Å². The summed E-state index contributed by atoms with van der Waals surface area (Å²) >= 11 is 1.40. The molecule has 9 heteroatoms. The number of hydrogen-bond acceptors (Lipinski definition) is 7. The van der Waals surface area contributed by atoms with Gasteiger partial charge in [0.25, 0.3) is 0 Å². The van der Waals surface area contributed by atoms with E-state index >= 15 is 0 Å². The maximum atomic E-state index is 12.0. The van der Waals surface area contributed by atoms with Gasteiger partial charge in [-0.2, -0.15) is 9.61 Å². The van der Waals surface area contributed by atoms with E-state index in [0.717, 1.165) is 5.01 Å². The Kier molecular flexibility index (Phi) is 4.29. The Labute approximate surface area is 135 Å². The van der Waals surface area contributed by atoms with Gasteiger partial charge in [-0.05, 0) is 18.2 Å². The van der Waals surface area contributed by atoms with Crippen molar-refractivity contribution >= 4 is 33.9 Å². The van der Waals surface area contributed by atoms with Crippen LogP contribution in [0.2, 0.25) is 0 Å². The van der Waals surface area contributed by atoms with Crippen LogP contribution in [0.15, 0.2) is 30.6 Å². The van der Waals surface area contributed by atoms with E-state index in [9.17, 15) is 9.59 Å². The molecule has 118 valence electrons. The summed E-state index contributed by atoms with van der Waals surface area (Å²) in [5.41, 5.74) is 0.940. The number of hydrogen-bond donors (Lipinski definition) is 1. The number of ether oxygens (including phenoxy) is 1. The molecule has 8 nitrogen and oxygen atoms in total. The monoisotopic (exact) mass is 331 g/mol. The fourth-order valence-electron chi connectivity index (χ4n) is 1.99. The zero-order chi connectivity index (χ0) is 16.2. The number of aryl methyl sites for hydroxylation is 1. The first kappa shape index (κ1) is 15.1. The van der Waals surface area contributed by atoms with Crippen molar-refractivity contribution < 1.29 is 14.3 Å². The number of carbonyl (C=O) groups is 2. The molecule has 0 radical (unpaired) electrons. The Morgan fingerprint density at radius 2 is 2.26 bits per heavy atom. The Bertz CT molecular complexity index is 828. The molecule has 0 aliphatic heterocycles. The van der Waals surface area contributed by atoms with Crippen LogP contribution in [0, 0.1) is 0 Å². The molecule has 3 aromatic rings. The van der Waals surface area contributed by atoms with Gasteiger partial charge in [-0.15, -0.1) is 10.2 Å². The van der Waals surface area contributed by atoms with Crippen LogP contribution in [0.5, 0.6) is 0 Å². The smallest absolute Gasteiger partial charge is 0.337 e. The van der Waals surface area contributed by atoms with Crippen LogP contribution >= 0.6 is 11.3 Å². The summed E-state index contributed by atoms with van der Waals surface area (Å²) in [6.07, 6.45) is 2.32. The first-order valence-corrected chi connectivity index (χ1v) is 7.61. The number of benzene rings is 1. The molecule has 0 unspecified atom stereocenters. The molecule has 2 heterocycles. The number of amides is 1. The molecule has 0 spiro atoms. The van der Waals surface area contributed by atoms with E-state index in [0.29, 0.717) is 22.6 Å². The topological polar surface area (TPSA) is 98.5 Å². The van der Waals surface area contributed by atoms with Gasteiger partial charge in [-0.3, -0.25) is 4.79 Å². The molecular formula is C14H13N5O3S. The fraction of sp³-hybridized carbons (Fsp3) is 0.214. The lowest BCUT2D eigenvalue weighted by Crippen LogP contribution is -2.13. The average Bonchev–Trinajstić information content (AvgIpc) is 3.13. The SMILES string of the molecule is COC(=O)c1cccc(NC(=O)CCc2nn3cnnc3s2)c1. The largest absolute Gasteiger partial charge is 0.465 e. The molecule has 3 rings (SSSR count). The molecule has 1 aromatic carbocycles. The number of nitrogens with zero attached hydrogens (tertiary/aromatic N) is 4. The van der Waals surface area contributed by atoms with Crippen LogP contribution in [0.3, 0.4) is 0 Å². The van der Waals surface area contributed by atoms with Crippen molar-refractivity contribution in [2.24, 2.45) is 0 Å². The first-order chi connectivity index (χ1) is 11.2. The Hall–Kier alpha value is -2.81. The highest BCUT2D eigenvalue weighted by Gasteiger charge is 2.10. The number of anilines is 1. The number of carbonyl (C=O) groups excluding carboxylic acids is 2. The van der Waals surface area contributed by atoms with E-state index in [1.165, 1.54) is 24.8 Å². The lowest BCUT2D eigenvalue weighted by atomic mass is 10.2. The standard InChI is InChI=1S/C14H13N5O3S/c1-22-13(21)9-3-2-4-10(7-9)16-11(20)5-6-12-18-19-8-15-17-14(19)23-12/h2-4,7-8H,5-6H2,1H3,(H,16,20). The summed E-state index contributed by atoms with van der Waals surface area (Å²) in [6, 6.07) is 6.60. The minimum Gasteiger partial charge on any atom is -0.465 e. The van der Waals surface area contributed by atoms with E-state index in [-0.39, 0.29) is 12.3 Å². The summed E-state index contributed by atoms with van der Waals surface area (Å²) in [6.45, 7) is 0. The fourth-order valence-corrected chi connectivity index (χ4v) is 2.80.